The summed E-state index contributed by atoms with van der Waals surface area (Å²) in [5, 5.41) is 0. The van der Waals surface area contributed by atoms with Gasteiger partial charge in [-0.15, -0.1) is 0 Å². The molecule has 2 atom stereocenters. The maximum atomic E-state index is 5.78. The summed E-state index contributed by atoms with van der Waals surface area (Å²) in [7, 11) is 0. The number of imidazole rings is 1. The number of benzene rings is 1. The Morgan fingerprint density at radius 3 is 3.11 bits per heavy atom. The van der Waals surface area contributed by atoms with Crippen molar-refractivity contribution in [2.75, 3.05) is 6.61 Å². The van der Waals surface area contributed by atoms with Crippen LogP contribution in [-0.2, 0) is 4.74 Å². The highest BCUT2D eigenvalue weighted by Crippen LogP contribution is 2.29. The molecule has 1 N–H and O–H groups in total. The number of H-pyrrole nitrogens is 1. The first-order valence-electron chi connectivity index (χ1n) is 6.18. The molecule has 1 aliphatic rings. The van der Waals surface area contributed by atoms with Crippen LogP contribution in [0.2, 0.25) is 0 Å². The number of nitrogens with one attached hydrogen (secondary N) is 1. The minimum atomic E-state index is 0.273. The molecular formula is C13H15BrN2OS. The Balaban J connectivity index is 2.10. The predicted molar refractivity (Wildman–Crippen MR) is 78.5 cm³/mol. The fourth-order valence-corrected chi connectivity index (χ4v) is 3.39. The van der Waals surface area contributed by atoms with Crippen molar-refractivity contribution in [3.63, 3.8) is 0 Å². The van der Waals surface area contributed by atoms with Crippen molar-refractivity contribution in [3.05, 3.63) is 27.4 Å². The molecule has 3 rings (SSSR count). The van der Waals surface area contributed by atoms with Crippen molar-refractivity contribution in [1.82, 2.24) is 9.55 Å². The van der Waals surface area contributed by atoms with Crippen LogP contribution in [-0.4, -0.2) is 22.3 Å². The highest BCUT2D eigenvalue weighted by molar-refractivity contribution is 9.10. The van der Waals surface area contributed by atoms with E-state index < -0.39 is 0 Å². The molecule has 1 fully saturated rings. The van der Waals surface area contributed by atoms with E-state index in [4.69, 9.17) is 17.0 Å². The third kappa shape index (κ3) is 2.04. The van der Waals surface area contributed by atoms with Gasteiger partial charge in [-0.05, 0) is 50.2 Å². The van der Waals surface area contributed by atoms with Crippen LogP contribution in [0.3, 0.4) is 0 Å². The van der Waals surface area contributed by atoms with E-state index in [0.29, 0.717) is 0 Å². The highest BCUT2D eigenvalue weighted by atomic mass is 79.9. The SMILES string of the molecule is CC(C1CCCO1)n1c(=S)[nH]c2cc(Br)ccc21. The van der Waals surface area contributed by atoms with Gasteiger partial charge in [0.2, 0.25) is 0 Å². The van der Waals surface area contributed by atoms with Crippen molar-refractivity contribution < 1.29 is 4.74 Å². The van der Waals surface area contributed by atoms with Crippen molar-refractivity contribution in [1.29, 1.82) is 0 Å². The standard InChI is InChI=1S/C13H15BrN2OS/c1-8(12-3-2-6-17-12)16-11-5-4-9(14)7-10(11)15-13(16)18/h4-5,7-8,12H,2-3,6H2,1H3,(H,15,18). The average molecular weight is 327 g/mol. The Hall–Kier alpha value is -0.650. The first-order valence-corrected chi connectivity index (χ1v) is 7.38. The Morgan fingerprint density at radius 2 is 2.39 bits per heavy atom. The lowest BCUT2D eigenvalue weighted by molar-refractivity contribution is 0.0741. The van der Waals surface area contributed by atoms with Crippen molar-refractivity contribution in [2.24, 2.45) is 0 Å². The molecule has 18 heavy (non-hydrogen) atoms. The lowest BCUT2D eigenvalue weighted by Gasteiger charge is -2.20. The summed E-state index contributed by atoms with van der Waals surface area (Å²) in [5.41, 5.74) is 2.21. The molecule has 2 unspecified atom stereocenters. The van der Waals surface area contributed by atoms with Gasteiger partial charge in [0.25, 0.3) is 0 Å². The third-order valence-electron chi connectivity index (χ3n) is 3.59. The molecule has 0 spiro atoms. The molecule has 0 bridgehead atoms. The van der Waals surface area contributed by atoms with Crippen LogP contribution in [0.15, 0.2) is 22.7 Å². The number of nitrogens with zero attached hydrogens (tertiary/aromatic N) is 1. The van der Waals surface area contributed by atoms with E-state index in [-0.39, 0.29) is 12.1 Å². The van der Waals surface area contributed by atoms with Gasteiger partial charge in [0.1, 0.15) is 0 Å². The number of aromatic nitrogens is 2. The van der Waals surface area contributed by atoms with E-state index in [2.05, 4.69) is 44.5 Å². The van der Waals surface area contributed by atoms with E-state index in [1.165, 1.54) is 0 Å². The van der Waals surface area contributed by atoms with Crippen LogP contribution in [0, 0.1) is 4.77 Å². The third-order valence-corrected chi connectivity index (χ3v) is 4.38. The van der Waals surface area contributed by atoms with E-state index >= 15 is 0 Å². The number of halogens is 1. The van der Waals surface area contributed by atoms with Gasteiger partial charge in [-0.1, -0.05) is 15.9 Å². The summed E-state index contributed by atoms with van der Waals surface area (Å²) in [6.45, 7) is 3.05. The summed E-state index contributed by atoms with van der Waals surface area (Å²) in [5.74, 6) is 0. The molecular weight excluding hydrogens is 312 g/mol. The number of fused-ring (bicyclic) bond motifs is 1. The van der Waals surface area contributed by atoms with Gasteiger partial charge in [0, 0.05) is 11.1 Å². The van der Waals surface area contributed by atoms with Gasteiger partial charge in [-0.3, -0.25) is 0 Å². The summed E-state index contributed by atoms with van der Waals surface area (Å²) < 4.78 is 9.78. The van der Waals surface area contributed by atoms with Gasteiger partial charge in [-0.2, -0.15) is 0 Å². The van der Waals surface area contributed by atoms with Crippen LogP contribution in [0.4, 0.5) is 0 Å². The number of rotatable bonds is 2. The number of aromatic amines is 1. The zero-order chi connectivity index (χ0) is 12.7. The normalized spacial score (nSPS) is 21.6. The molecule has 2 aromatic rings. The lowest BCUT2D eigenvalue weighted by atomic mass is 10.1. The smallest absolute Gasteiger partial charge is 0.178 e. The molecule has 1 aliphatic heterocycles. The van der Waals surface area contributed by atoms with Gasteiger partial charge in [0.05, 0.1) is 23.2 Å². The number of ether oxygens (including phenoxy) is 1. The van der Waals surface area contributed by atoms with Gasteiger partial charge in [-0.25, -0.2) is 0 Å². The van der Waals surface area contributed by atoms with E-state index in [0.717, 1.165) is 39.7 Å². The van der Waals surface area contributed by atoms with Crippen molar-refractivity contribution in [3.8, 4) is 0 Å². The topological polar surface area (TPSA) is 29.9 Å². The minimum Gasteiger partial charge on any atom is -0.376 e. The molecule has 1 aromatic heterocycles. The Bertz CT molecular complexity index is 627. The largest absolute Gasteiger partial charge is 0.376 e. The maximum absolute atomic E-state index is 5.78. The molecule has 1 aromatic carbocycles. The summed E-state index contributed by atoms with van der Waals surface area (Å²) in [6, 6.07) is 6.47. The first kappa shape index (κ1) is 12.4. The maximum Gasteiger partial charge on any atom is 0.178 e. The lowest BCUT2D eigenvalue weighted by Crippen LogP contribution is -2.20. The molecule has 2 heterocycles. The fourth-order valence-electron chi connectivity index (χ4n) is 2.66. The molecule has 0 aliphatic carbocycles. The zero-order valence-electron chi connectivity index (χ0n) is 10.1. The molecule has 0 amide bonds. The molecule has 96 valence electrons. The van der Waals surface area contributed by atoms with Crippen LogP contribution in [0.1, 0.15) is 25.8 Å². The van der Waals surface area contributed by atoms with Gasteiger partial charge < -0.3 is 14.3 Å². The Labute approximate surface area is 119 Å². The molecule has 5 heteroatoms. The fraction of sp³-hybridized carbons (Fsp3) is 0.462. The second kappa shape index (κ2) is 4.79. The summed E-state index contributed by atoms with van der Waals surface area (Å²) in [6.07, 6.45) is 2.54. The number of hydrogen-bond donors (Lipinski definition) is 1. The molecule has 0 saturated carbocycles. The van der Waals surface area contributed by atoms with Crippen molar-refractivity contribution in [2.45, 2.75) is 31.9 Å². The summed E-state index contributed by atoms with van der Waals surface area (Å²) >= 11 is 8.93. The van der Waals surface area contributed by atoms with Crippen LogP contribution in [0.5, 0.6) is 0 Å². The van der Waals surface area contributed by atoms with E-state index in [9.17, 15) is 0 Å². The minimum absolute atomic E-state index is 0.273. The van der Waals surface area contributed by atoms with Gasteiger partial charge >= 0.3 is 0 Å². The van der Waals surface area contributed by atoms with Crippen LogP contribution >= 0.6 is 28.1 Å². The Kier molecular flexibility index (Phi) is 3.30. The molecule has 1 saturated heterocycles. The molecule has 3 nitrogen and oxygen atoms in total. The van der Waals surface area contributed by atoms with Gasteiger partial charge in [0.15, 0.2) is 4.77 Å². The second-order valence-electron chi connectivity index (χ2n) is 4.75. The van der Waals surface area contributed by atoms with Crippen LogP contribution in [0.25, 0.3) is 11.0 Å². The quantitative estimate of drug-likeness (QED) is 0.838. The summed E-state index contributed by atoms with van der Waals surface area (Å²) in [4.78, 5) is 3.26. The Morgan fingerprint density at radius 1 is 1.56 bits per heavy atom. The molecule has 0 radical (unpaired) electrons. The average Bonchev–Trinajstić information content (AvgIpc) is 2.94. The van der Waals surface area contributed by atoms with Crippen molar-refractivity contribution >= 4 is 39.2 Å². The number of hydrogen-bond acceptors (Lipinski definition) is 2. The highest BCUT2D eigenvalue weighted by Gasteiger charge is 2.25. The second-order valence-corrected chi connectivity index (χ2v) is 6.06. The first-order chi connectivity index (χ1) is 8.66. The van der Waals surface area contributed by atoms with E-state index in [1.807, 2.05) is 6.07 Å². The van der Waals surface area contributed by atoms with E-state index in [1.54, 1.807) is 0 Å². The zero-order valence-corrected chi connectivity index (χ0v) is 12.6. The predicted octanol–water partition coefficient (Wildman–Crippen LogP) is 4.20. The van der Waals surface area contributed by atoms with Crippen LogP contribution < -0.4 is 0 Å². The monoisotopic (exact) mass is 326 g/mol.